The Kier molecular flexibility index (Phi) is 3.90. The van der Waals surface area contributed by atoms with E-state index >= 15 is 0 Å². The second kappa shape index (κ2) is 5.45. The molecular formula is C15H21N3O. The number of ether oxygens (including phenoxy) is 1. The van der Waals surface area contributed by atoms with Gasteiger partial charge in [-0.25, -0.2) is 4.98 Å². The lowest BCUT2D eigenvalue weighted by Crippen LogP contribution is -2.01. The third-order valence-corrected chi connectivity index (χ3v) is 3.52. The molecule has 0 unspecified atom stereocenters. The highest BCUT2D eigenvalue weighted by atomic mass is 16.5. The number of hydrogen-bond donors (Lipinski definition) is 1. The maximum absolute atomic E-state index is 5.80. The van der Waals surface area contributed by atoms with E-state index in [4.69, 9.17) is 10.5 Å². The van der Waals surface area contributed by atoms with Gasteiger partial charge in [-0.15, -0.1) is 0 Å². The zero-order chi connectivity index (χ0) is 14.0. The molecule has 2 aromatic rings. The van der Waals surface area contributed by atoms with Crippen molar-refractivity contribution in [1.29, 1.82) is 0 Å². The molecule has 0 atom stereocenters. The molecule has 0 radical (unpaired) electrons. The van der Waals surface area contributed by atoms with E-state index in [0.29, 0.717) is 6.54 Å². The van der Waals surface area contributed by atoms with Gasteiger partial charge in [-0.1, -0.05) is 6.92 Å². The highest BCUT2D eigenvalue weighted by molar-refractivity contribution is 5.65. The highest BCUT2D eigenvalue weighted by Crippen LogP contribution is 2.29. The van der Waals surface area contributed by atoms with Gasteiger partial charge < -0.3 is 15.0 Å². The molecule has 0 saturated carbocycles. The predicted molar refractivity (Wildman–Crippen MR) is 77.2 cm³/mol. The zero-order valence-electron chi connectivity index (χ0n) is 12.0. The summed E-state index contributed by atoms with van der Waals surface area (Å²) in [4.78, 5) is 4.51. The van der Waals surface area contributed by atoms with Crippen LogP contribution in [0.1, 0.15) is 24.0 Å². The smallest absolute Gasteiger partial charge is 0.122 e. The summed E-state index contributed by atoms with van der Waals surface area (Å²) in [7, 11) is 3.72. The Morgan fingerprint density at radius 2 is 2.11 bits per heavy atom. The Morgan fingerprint density at radius 1 is 1.37 bits per heavy atom. The molecule has 1 heterocycles. The van der Waals surface area contributed by atoms with E-state index < -0.39 is 0 Å². The molecule has 4 heteroatoms. The summed E-state index contributed by atoms with van der Waals surface area (Å²) in [5.41, 5.74) is 10.2. The first-order chi connectivity index (χ1) is 9.12. The Hall–Kier alpha value is -1.81. The number of methoxy groups -OCH3 is 1. The largest absolute Gasteiger partial charge is 0.496 e. The molecule has 0 saturated heterocycles. The number of nitrogens with two attached hydrogens (primary N) is 1. The predicted octanol–water partition coefficient (Wildman–Crippen LogP) is 2.43. The molecular weight excluding hydrogens is 238 g/mol. The van der Waals surface area contributed by atoms with E-state index in [-0.39, 0.29) is 0 Å². The summed E-state index contributed by atoms with van der Waals surface area (Å²) >= 11 is 0. The Morgan fingerprint density at radius 3 is 2.68 bits per heavy atom. The molecule has 2 N–H and O–H groups in total. The number of aryl methyl sites for hydroxylation is 2. The van der Waals surface area contributed by atoms with Gasteiger partial charge in [0.25, 0.3) is 0 Å². The van der Waals surface area contributed by atoms with E-state index in [1.54, 1.807) is 7.11 Å². The molecule has 1 aromatic carbocycles. The fourth-order valence-electron chi connectivity index (χ4n) is 2.38. The quantitative estimate of drug-likeness (QED) is 0.917. The summed E-state index contributed by atoms with van der Waals surface area (Å²) in [5, 5.41) is 0. The van der Waals surface area contributed by atoms with Crippen LogP contribution < -0.4 is 10.5 Å². The van der Waals surface area contributed by atoms with Gasteiger partial charge in [-0.3, -0.25) is 0 Å². The minimum Gasteiger partial charge on any atom is -0.496 e. The van der Waals surface area contributed by atoms with Crippen molar-refractivity contribution >= 4 is 0 Å². The Labute approximate surface area is 114 Å². The second-order valence-electron chi connectivity index (χ2n) is 4.60. The van der Waals surface area contributed by atoms with Crippen LogP contribution in [-0.2, 0) is 20.0 Å². The van der Waals surface area contributed by atoms with Crippen molar-refractivity contribution < 1.29 is 4.74 Å². The average molecular weight is 259 g/mol. The molecule has 4 nitrogen and oxygen atoms in total. The SMILES string of the molecule is CCc1cc(-c2c(CN)nc(C)n2C)ccc1OC. The summed E-state index contributed by atoms with van der Waals surface area (Å²) < 4.78 is 7.46. The first-order valence-corrected chi connectivity index (χ1v) is 6.51. The fourth-order valence-corrected chi connectivity index (χ4v) is 2.38. The van der Waals surface area contributed by atoms with Crippen molar-refractivity contribution in [3.8, 4) is 17.0 Å². The lowest BCUT2D eigenvalue weighted by atomic mass is 10.0. The van der Waals surface area contributed by atoms with Crippen LogP contribution in [0.4, 0.5) is 0 Å². The first kappa shape index (κ1) is 13.6. The monoisotopic (exact) mass is 259 g/mol. The van der Waals surface area contributed by atoms with Crippen LogP contribution in [0, 0.1) is 6.92 Å². The van der Waals surface area contributed by atoms with Gasteiger partial charge in [0.1, 0.15) is 11.6 Å². The number of hydrogen-bond acceptors (Lipinski definition) is 3. The van der Waals surface area contributed by atoms with Gasteiger partial charge in [0.05, 0.1) is 18.5 Å². The highest BCUT2D eigenvalue weighted by Gasteiger charge is 2.14. The standard InChI is InChI=1S/C15H21N3O/c1-5-11-8-12(6-7-14(11)19-4)15-13(9-16)17-10(2)18(15)3/h6-8H,5,9,16H2,1-4H3. The van der Waals surface area contributed by atoms with E-state index in [2.05, 4.69) is 28.6 Å². The van der Waals surface area contributed by atoms with E-state index in [1.807, 2.05) is 20.0 Å². The van der Waals surface area contributed by atoms with Gasteiger partial charge in [0.15, 0.2) is 0 Å². The van der Waals surface area contributed by atoms with Crippen LogP contribution in [0.2, 0.25) is 0 Å². The third-order valence-electron chi connectivity index (χ3n) is 3.52. The maximum Gasteiger partial charge on any atom is 0.122 e. The van der Waals surface area contributed by atoms with Gasteiger partial charge in [0, 0.05) is 19.2 Å². The van der Waals surface area contributed by atoms with Gasteiger partial charge in [-0.2, -0.15) is 0 Å². The van der Waals surface area contributed by atoms with Crippen LogP contribution in [-0.4, -0.2) is 16.7 Å². The van der Waals surface area contributed by atoms with Gasteiger partial charge in [-0.05, 0) is 37.1 Å². The van der Waals surface area contributed by atoms with E-state index in [0.717, 1.165) is 34.9 Å². The topological polar surface area (TPSA) is 53.1 Å². The Balaban J connectivity index is 2.59. The van der Waals surface area contributed by atoms with E-state index in [1.165, 1.54) is 5.56 Å². The lowest BCUT2D eigenvalue weighted by molar-refractivity contribution is 0.410. The van der Waals surface area contributed by atoms with Crippen molar-refractivity contribution in [1.82, 2.24) is 9.55 Å². The molecule has 0 spiro atoms. The van der Waals surface area contributed by atoms with Gasteiger partial charge >= 0.3 is 0 Å². The molecule has 2 rings (SSSR count). The molecule has 102 valence electrons. The molecule has 0 aliphatic carbocycles. The molecule has 0 amide bonds. The number of rotatable bonds is 4. The fraction of sp³-hybridized carbons (Fsp3) is 0.400. The molecule has 1 aromatic heterocycles. The van der Waals surface area contributed by atoms with Crippen molar-refractivity contribution in [3.63, 3.8) is 0 Å². The van der Waals surface area contributed by atoms with Crippen LogP contribution in [0.3, 0.4) is 0 Å². The Bertz CT molecular complexity index is 587. The summed E-state index contributed by atoms with van der Waals surface area (Å²) in [6.07, 6.45) is 0.936. The van der Waals surface area contributed by atoms with Crippen LogP contribution in [0.25, 0.3) is 11.3 Å². The van der Waals surface area contributed by atoms with Crippen molar-refractivity contribution in [2.75, 3.05) is 7.11 Å². The number of imidazole rings is 1. The molecule has 19 heavy (non-hydrogen) atoms. The number of benzene rings is 1. The zero-order valence-corrected chi connectivity index (χ0v) is 12.0. The van der Waals surface area contributed by atoms with E-state index in [9.17, 15) is 0 Å². The number of aromatic nitrogens is 2. The third kappa shape index (κ3) is 2.36. The maximum atomic E-state index is 5.80. The summed E-state index contributed by atoms with van der Waals surface area (Å²) in [6.45, 7) is 4.57. The second-order valence-corrected chi connectivity index (χ2v) is 4.60. The molecule has 0 bridgehead atoms. The number of nitrogens with zero attached hydrogens (tertiary/aromatic N) is 2. The molecule has 0 aliphatic heterocycles. The van der Waals surface area contributed by atoms with Crippen LogP contribution in [0.15, 0.2) is 18.2 Å². The van der Waals surface area contributed by atoms with Crippen LogP contribution >= 0.6 is 0 Å². The van der Waals surface area contributed by atoms with Crippen LogP contribution in [0.5, 0.6) is 5.75 Å². The van der Waals surface area contributed by atoms with Crippen molar-refractivity contribution in [2.24, 2.45) is 12.8 Å². The van der Waals surface area contributed by atoms with Gasteiger partial charge in [0.2, 0.25) is 0 Å². The van der Waals surface area contributed by atoms with Crippen molar-refractivity contribution in [2.45, 2.75) is 26.8 Å². The normalized spacial score (nSPS) is 10.8. The van der Waals surface area contributed by atoms with Crippen molar-refractivity contribution in [3.05, 3.63) is 35.3 Å². The molecule has 0 aliphatic rings. The summed E-state index contributed by atoms with van der Waals surface area (Å²) in [6, 6.07) is 6.23. The minimum absolute atomic E-state index is 0.449. The lowest BCUT2D eigenvalue weighted by Gasteiger charge is -2.11. The first-order valence-electron chi connectivity index (χ1n) is 6.51. The molecule has 0 fully saturated rings. The summed E-state index contributed by atoms with van der Waals surface area (Å²) in [5.74, 6) is 1.91. The minimum atomic E-state index is 0.449. The average Bonchev–Trinajstić information content (AvgIpc) is 2.73.